The summed E-state index contributed by atoms with van der Waals surface area (Å²) in [5.74, 6) is -5.17. The quantitative estimate of drug-likeness (QED) is 0.604. The molecule has 0 aromatic heterocycles. The first-order valence-corrected chi connectivity index (χ1v) is 10.2. The molecule has 28 heavy (non-hydrogen) atoms. The number of anilines is 1. The highest BCUT2D eigenvalue weighted by Crippen LogP contribution is 2.24. The van der Waals surface area contributed by atoms with E-state index in [1.54, 1.807) is 6.07 Å². The molecule has 1 fully saturated rings. The fourth-order valence-corrected chi connectivity index (χ4v) is 4.22. The highest BCUT2D eigenvalue weighted by atomic mass is 32.2. The van der Waals surface area contributed by atoms with Crippen molar-refractivity contribution in [2.24, 2.45) is 5.92 Å². The number of Topliss-reactive ketones (excluding diaryl/α,β-unsaturated/α-hetero) is 1. The number of benzene rings is 2. The van der Waals surface area contributed by atoms with Crippen LogP contribution in [0.25, 0.3) is 0 Å². The number of nitrogens with one attached hydrogen (secondary N) is 1. The molecule has 1 aliphatic rings. The average molecular weight is 412 g/mol. The van der Waals surface area contributed by atoms with Gasteiger partial charge in [-0.1, -0.05) is 12.1 Å². The smallest absolute Gasteiger partial charge is 0.262 e. The van der Waals surface area contributed by atoms with Gasteiger partial charge < -0.3 is 4.90 Å². The Morgan fingerprint density at radius 2 is 1.68 bits per heavy atom. The fraction of sp³-hybridized carbons (Fsp3) is 0.316. The van der Waals surface area contributed by atoms with E-state index < -0.39 is 32.4 Å². The normalized spacial score (nSPS) is 16.1. The number of halogens is 3. The van der Waals surface area contributed by atoms with Crippen molar-refractivity contribution in [2.75, 3.05) is 24.9 Å². The summed E-state index contributed by atoms with van der Waals surface area (Å²) in [5.41, 5.74) is 0.426. The summed E-state index contributed by atoms with van der Waals surface area (Å²) in [6, 6.07) is 6.71. The van der Waals surface area contributed by atoms with Crippen LogP contribution in [0.5, 0.6) is 0 Å². The van der Waals surface area contributed by atoms with Crippen molar-refractivity contribution in [3.63, 3.8) is 0 Å². The number of nitrogens with zero attached hydrogens (tertiary/aromatic N) is 1. The van der Waals surface area contributed by atoms with Gasteiger partial charge in [0.15, 0.2) is 23.2 Å². The number of hydrogen-bond acceptors (Lipinski definition) is 4. The Bertz CT molecular complexity index is 980. The Morgan fingerprint density at radius 3 is 2.29 bits per heavy atom. The summed E-state index contributed by atoms with van der Waals surface area (Å²) in [5, 5.41) is 0. The maximum absolute atomic E-state index is 13.4. The highest BCUT2D eigenvalue weighted by Gasteiger charge is 2.25. The largest absolute Gasteiger partial charge is 0.306 e. The first-order chi connectivity index (χ1) is 13.2. The number of piperidine rings is 1. The molecule has 0 unspecified atom stereocenters. The van der Waals surface area contributed by atoms with Crippen LogP contribution in [0.3, 0.4) is 0 Å². The van der Waals surface area contributed by atoms with E-state index in [1.165, 1.54) is 18.2 Å². The molecule has 1 saturated heterocycles. The van der Waals surface area contributed by atoms with Gasteiger partial charge in [0.25, 0.3) is 10.0 Å². The van der Waals surface area contributed by atoms with Crippen LogP contribution in [-0.4, -0.2) is 39.2 Å². The molecule has 150 valence electrons. The van der Waals surface area contributed by atoms with Crippen molar-refractivity contribution in [2.45, 2.75) is 17.7 Å². The molecule has 0 atom stereocenters. The lowest BCUT2D eigenvalue weighted by molar-refractivity contribution is 0.0857. The van der Waals surface area contributed by atoms with Crippen LogP contribution in [0.1, 0.15) is 23.2 Å². The van der Waals surface area contributed by atoms with Crippen LogP contribution in [0.15, 0.2) is 41.3 Å². The standard InChI is InChI=1S/C19H19F3N2O3S/c1-24-7-5-12(6-8-24)19(25)13-3-2-4-14(9-13)23-28(26,27)15-10-16(20)18(22)17(21)11-15/h2-4,9-12,23H,5-8H2,1H3. The lowest BCUT2D eigenvalue weighted by Crippen LogP contribution is -2.33. The second-order valence-corrected chi connectivity index (χ2v) is 8.51. The number of carbonyl (C=O) groups is 1. The van der Waals surface area contributed by atoms with Crippen LogP contribution >= 0.6 is 0 Å². The third-order valence-electron chi connectivity index (χ3n) is 4.76. The first-order valence-electron chi connectivity index (χ1n) is 8.67. The third kappa shape index (κ3) is 4.36. The monoisotopic (exact) mass is 412 g/mol. The Labute approximate surface area is 161 Å². The number of hydrogen-bond donors (Lipinski definition) is 1. The minimum atomic E-state index is -4.36. The molecule has 9 heteroatoms. The Kier molecular flexibility index (Phi) is 5.76. The van der Waals surface area contributed by atoms with Crippen LogP contribution in [0, 0.1) is 23.4 Å². The Morgan fingerprint density at radius 1 is 1.07 bits per heavy atom. The van der Waals surface area contributed by atoms with Gasteiger partial charge in [-0.05, 0) is 57.2 Å². The minimum absolute atomic E-state index is 0.0731. The van der Waals surface area contributed by atoms with Crippen molar-refractivity contribution >= 4 is 21.5 Å². The van der Waals surface area contributed by atoms with E-state index in [4.69, 9.17) is 0 Å². The van der Waals surface area contributed by atoms with E-state index in [9.17, 15) is 26.4 Å². The molecule has 3 rings (SSSR count). The zero-order chi connectivity index (χ0) is 20.5. The van der Waals surface area contributed by atoms with Gasteiger partial charge >= 0.3 is 0 Å². The Balaban J connectivity index is 1.81. The van der Waals surface area contributed by atoms with Gasteiger partial charge in [-0.15, -0.1) is 0 Å². The van der Waals surface area contributed by atoms with Crippen molar-refractivity contribution in [3.05, 3.63) is 59.4 Å². The molecule has 1 aliphatic heterocycles. The van der Waals surface area contributed by atoms with E-state index in [0.29, 0.717) is 17.7 Å². The van der Waals surface area contributed by atoms with Gasteiger partial charge in [0, 0.05) is 17.2 Å². The molecule has 0 saturated carbocycles. The maximum atomic E-state index is 13.4. The zero-order valence-electron chi connectivity index (χ0n) is 15.1. The van der Waals surface area contributed by atoms with Gasteiger partial charge in [-0.3, -0.25) is 9.52 Å². The van der Waals surface area contributed by atoms with E-state index in [-0.39, 0.29) is 17.4 Å². The van der Waals surface area contributed by atoms with E-state index in [0.717, 1.165) is 25.9 Å². The van der Waals surface area contributed by atoms with Crippen molar-refractivity contribution in [3.8, 4) is 0 Å². The van der Waals surface area contributed by atoms with Crippen molar-refractivity contribution in [1.82, 2.24) is 4.90 Å². The molecule has 0 bridgehead atoms. The van der Waals surface area contributed by atoms with Crippen LogP contribution in [-0.2, 0) is 10.0 Å². The summed E-state index contributed by atoms with van der Waals surface area (Å²) in [4.78, 5) is 14.1. The predicted molar refractivity (Wildman–Crippen MR) is 98.1 cm³/mol. The summed E-state index contributed by atoms with van der Waals surface area (Å²) >= 11 is 0. The fourth-order valence-electron chi connectivity index (χ4n) is 3.14. The molecule has 0 amide bonds. The number of carbonyl (C=O) groups excluding carboxylic acids is 1. The molecular formula is C19H19F3N2O3S. The highest BCUT2D eigenvalue weighted by molar-refractivity contribution is 7.92. The van der Waals surface area contributed by atoms with Gasteiger partial charge in [0.05, 0.1) is 4.90 Å². The number of likely N-dealkylation sites (tertiary alicyclic amines) is 1. The molecule has 2 aromatic rings. The number of ketones is 1. The number of sulfonamides is 1. The minimum Gasteiger partial charge on any atom is -0.306 e. The topological polar surface area (TPSA) is 66.5 Å². The van der Waals surface area contributed by atoms with Gasteiger partial charge in [-0.25, -0.2) is 21.6 Å². The van der Waals surface area contributed by atoms with Crippen LogP contribution in [0.2, 0.25) is 0 Å². The Hall–Kier alpha value is -2.39. The lowest BCUT2D eigenvalue weighted by Gasteiger charge is -2.28. The average Bonchev–Trinajstić information content (AvgIpc) is 2.65. The van der Waals surface area contributed by atoms with Crippen molar-refractivity contribution in [1.29, 1.82) is 0 Å². The van der Waals surface area contributed by atoms with Gasteiger partial charge in [0.1, 0.15) is 0 Å². The molecular weight excluding hydrogens is 393 g/mol. The SMILES string of the molecule is CN1CCC(C(=O)c2cccc(NS(=O)(=O)c3cc(F)c(F)c(F)c3)c2)CC1. The number of rotatable bonds is 5. The van der Waals surface area contributed by atoms with Crippen molar-refractivity contribution < 1.29 is 26.4 Å². The summed E-state index contributed by atoms with van der Waals surface area (Å²) < 4.78 is 66.7. The second kappa shape index (κ2) is 7.92. The summed E-state index contributed by atoms with van der Waals surface area (Å²) in [7, 11) is -2.38. The lowest BCUT2D eigenvalue weighted by atomic mass is 9.89. The molecule has 0 spiro atoms. The van der Waals surface area contributed by atoms with Gasteiger partial charge in [0.2, 0.25) is 0 Å². The zero-order valence-corrected chi connectivity index (χ0v) is 15.9. The summed E-state index contributed by atoms with van der Waals surface area (Å²) in [6.07, 6.45) is 1.44. The summed E-state index contributed by atoms with van der Waals surface area (Å²) in [6.45, 7) is 1.62. The molecule has 1 heterocycles. The van der Waals surface area contributed by atoms with Crippen LogP contribution in [0.4, 0.5) is 18.9 Å². The predicted octanol–water partition coefficient (Wildman–Crippen LogP) is 3.43. The third-order valence-corrected chi connectivity index (χ3v) is 6.12. The second-order valence-electron chi connectivity index (χ2n) is 6.83. The van der Waals surface area contributed by atoms with Crippen LogP contribution < -0.4 is 4.72 Å². The molecule has 1 N–H and O–H groups in total. The van der Waals surface area contributed by atoms with E-state index in [1.807, 2.05) is 7.05 Å². The molecule has 5 nitrogen and oxygen atoms in total. The first kappa shape index (κ1) is 20.3. The molecule has 0 aliphatic carbocycles. The van der Waals surface area contributed by atoms with Gasteiger partial charge in [-0.2, -0.15) is 0 Å². The van der Waals surface area contributed by atoms with E-state index >= 15 is 0 Å². The molecule has 2 aromatic carbocycles. The maximum Gasteiger partial charge on any atom is 0.262 e. The van der Waals surface area contributed by atoms with E-state index in [2.05, 4.69) is 9.62 Å². The molecule has 0 radical (unpaired) electrons.